The van der Waals surface area contributed by atoms with Gasteiger partial charge in [0.2, 0.25) is 5.91 Å². The van der Waals surface area contributed by atoms with Crippen LogP contribution in [0.4, 0.5) is 0 Å². The number of carbonyl (C=O) groups is 1. The van der Waals surface area contributed by atoms with E-state index < -0.39 is 0 Å². The van der Waals surface area contributed by atoms with Crippen molar-refractivity contribution in [3.8, 4) is 0 Å². The van der Waals surface area contributed by atoms with E-state index in [0.717, 1.165) is 13.0 Å². The van der Waals surface area contributed by atoms with Crippen molar-refractivity contribution in [3.63, 3.8) is 0 Å². The van der Waals surface area contributed by atoms with Gasteiger partial charge in [0.05, 0.1) is 6.04 Å². The summed E-state index contributed by atoms with van der Waals surface area (Å²) in [5.74, 6) is 0.238. The molecule has 1 aliphatic heterocycles. The first-order valence-electron chi connectivity index (χ1n) is 5.74. The van der Waals surface area contributed by atoms with Crippen LogP contribution in [0.25, 0.3) is 0 Å². The molecule has 0 spiro atoms. The normalized spacial score (nSPS) is 26.2. The van der Waals surface area contributed by atoms with E-state index in [4.69, 9.17) is 5.73 Å². The molecule has 2 N–H and O–H groups in total. The van der Waals surface area contributed by atoms with Crippen LogP contribution in [0, 0.1) is 6.92 Å². The Balaban J connectivity index is 2.35. The first-order chi connectivity index (χ1) is 7.65. The van der Waals surface area contributed by atoms with Gasteiger partial charge in [-0.05, 0) is 37.3 Å². The lowest BCUT2D eigenvalue weighted by Crippen LogP contribution is -2.48. The molecule has 2 rings (SSSR count). The number of nitrogens with two attached hydrogens (primary N) is 1. The molecule has 1 aromatic rings. The van der Waals surface area contributed by atoms with Crippen molar-refractivity contribution in [1.82, 2.24) is 4.90 Å². The van der Waals surface area contributed by atoms with Crippen molar-refractivity contribution in [3.05, 3.63) is 21.9 Å². The summed E-state index contributed by atoms with van der Waals surface area (Å²) in [4.78, 5) is 15.0. The second-order valence-corrected chi connectivity index (χ2v) is 5.24. The van der Waals surface area contributed by atoms with Crippen LogP contribution in [-0.4, -0.2) is 23.4 Å². The Morgan fingerprint density at radius 3 is 2.94 bits per heavy atom. The van der Waals surface area contributed by atoms with Gasteiger partial charge in [-0.15, -0.1) is 11.3 Å². The number of likely N-dealkylation sites (N-methyl/N-ethyl adjacent to an activating group) is 1. The summed E-state index contributed by atoms with van der Waals surface area (Å²) >= 11 is 1.71. The molecular weight excluding hydrogens is 220 g/mol. The van der Waals surface area contributed by atoms with Gasteiger partial charge in [-0.3, -0.25) is 4.79 Å². The molecule has 1 aromatic heterocycles. The quantitative estimate of drug-likeness (QED) is 0.857. The first kappa shape index (κ1) is 11.6. The molecule has 1 fully saturated rings. The first-order valence-corrected chi connectivity index (χ1v) is 6.62. The van der Waals surface area contributed by atoms with Crippen molar-refractivity contribution in [2.45, 2.75) is 38.8 Å². The minimum absolute atomic E-state index is 0.0787. The summed E-state index contributed by atoms with van der Waals surface area (Å²) in [5, 5.41) is 2.07. The Morgan fingerprint density at radius 1 is 1.62 bits per heavy atom. The van der Waals surface area contributed by atoms with E-state index in [9.17, 15) is 4.79 Å². The van der Waals surface area contributed by atoms with Crippen molar-refractivity contribution < 1.29 is 4.79 Å². The number of carbonyl (C=O) groups excluding carboxylic acids is 1. The highest BCUT2D eigenvalue weighted by atomic mass is 32.1. The highest BCUT2D eigenvalue weighted by Crippen LogP contribution is 2.35. The van der Waals surface area contributed by atoms with Gasteiger partial charge in [-0.2, -0.15) is 0 Å². The molecule has 0 aliphatic carbocycles. The molecule has 1 aliphatic rings. The number of hydrogen-bond acceptors (Lipinski definition) is 3. The molecule has 1 amide bonds. The Labute approximate surface area is 100 Å². The fraction of sp³-hybridized carbons (Fsp3) is 0.583. The van der Waals surface area contributed by atoms with Crippen LogP contribution < -0.4 is 5.73 Å². The fourth-order valence-corrected chi connectivity index (χ4v) is 3.49. The largest absolute Gasteiger partial charge is 0.334 e. The van der Waals surface area contributed by atoms with Gasteiger partial charge in [-0.1, -0.05) is 0 Å². The Morgan fingerprint density at radius 2 is 2.38 bits per heavy atom. The number of amides is 1. The number of likely N-dealkylation sites (tertiary alicyclic amines) is 1. The highest BCUT2D eigenvalue weighted by Gasteiger charge is 2.35. The maximum atomic E-state index is 11.9. The third kappa shape index (κ3) is 1.87. The van der Waals surface area contributed by atoms with Gasteiger partial charge >= 0.3 is 0 Å². The van der Waals surface area contributed by atoms with Crippen molar-refractivity contribution in [2.75, 3.05) is 6.54 Å². The van der Waals surface area contributed by atoms with Crippen molar-refractivity contribution in [2.24, 2.45) is 5.73 Å². The predicted octanol–water partition coefficient (Wildman–Crippen LogP) is 2.07. The van der Waals surface area contributed by atoms with E-state index in [1.165, 1.54) is 10.4 Å². The molecular formula is C12H18N2OS. The predicted molar refractivity (Wildman–Crippen MR) is 66.4 cm³/mol. The fourth-order valence-electron chi connectivity index (χ4n) is 2.37. The minimum Gasteiger partial charge on any atom is -0.334 e. The SMILES string of the molecule is CCN1C(=O)CCC(N)C1c1sccc1C. The number of nitrogens with zero attached hydrogens (tertiary/aromatic N) is 1. The summed E-state index contributed by atoms with van der Waals surface area (Å²) in [6.07, 6.45) is 1.40. The summed E-state index contributed by atoms with van der Waals surface area (Å²) in [5.41, 5.74) is 7.43. The van der Waals surface area contributed by atoms with Crippen LogP contribution in [0.1, 0.15) is 36.2 Å². The molecule has 4 heteroatoms. The van der Waals surface area contributed by atoms with Crippen LogP contribution in [0.5, 0.6) is 0 Å². The molecule has 2 heterocycles. The van der Waals surface area contributed by atoms with E-state index in [2.05, 4.69) is 18.4 Å². The summed E-state index contributed by atoms with van der Waals surface area (Å²) in [6, 6.07) is 2.26. The lowest BCUT2D eigenvalue weighted by atomic mass is 9.94. The zero-order valence-corrected chi connectivity index (χ0v) is 10.6. The Bertz CT molecular complexity index is 388. The van der Waals surface area contributed by atoms with E-state index in [-0.39, 0.29) is 18.0 Å². The zero-order valence-electron chi connectivity index (χ0n) is 9.77. The Kier molecular flexibility index (Phi) is 3.30. The molecule has 3 nitrogen and oxygen atoms in total. The van der Waals surface area contributed by atoms with E-state index in [1.807, 2.05) is 11.8 Å². The van der Waals surface area contributed by atoms with Crippen molar-refractivity contribution >= 4 is 17.2 Å². The summed E-state index contributed by atoms with van der Waals surface area (Å²) in [7, 11) is 0. The Hall–Kier alpha value is -0.870. The highest BCUT2D eigenvalue weighted by molar-refractivity contribution is 7.10. The number of hydrogen-bond donors (Lipinski definition) is 1. The average Bonchev–Trinajstić information content (AvgIpc) is 2.67. The zero-order chi connectivity index (χ0) is 11.7. The third-order valence-corrected chi connectivity index (χ3v) is 4.35. The molecule has 2 unspecified atom stereocenters. The molecule has 1 saturated heterocycles. The lowest BCUT2D eigenvalue weighted by molar-refractivity contribution is -0.136. The molecule has 0 radical (unpaired) electrons. The molecule has 0 bridgehead atoms. The van der Waals surface area contributed by atoms with E-state index in [0.29, 0.717) is 6.42 Å². The van der Waals surface area contributed by atoms with E-state index in [1.54, 1.807) is 11.3 Å². The maximum absolute atomic E-state index is 11.9. The van der Waals surface area contributed by atoms with Gasteiger partial charge in [0.1, 0.15) is 0 Å². The summed E-state index contributed by atoms with van der Waals surface area (Å²) < 4.78 is 0. The van der Waals surface area contributed by atoms with Gasteiger partial charge in [-0.25, -0.2) is 0 Å². The average molecular weight is 238 g/mol. The molecule has 0 aromatic carbocycles. The van der Waals surface area contributed by atoms with Crippen molar-refractivity contribution in [1.29, 1.82) is 0 Å². The standard InChI is InChI=1S/C12H18N2OS/c1-3-14-10(15)5-4-9(13)11(14)12-8(2)6-7-16-12/h6-7,9,11H,3-5,13H2,1-2H3. The smallest absolute Gasteiger partial charge is 0.223 e. The molecule has 88 valence electrons. The van der Waals surface area contributed by atoms with Crippen LogP contribution in [0.3, 0.4) is 0 Å². The number of piperidine rings is 1. The van der Waals surface area contributed by atoms with Gasteiger partial charge < -0.3 is 10.6 Å². The second kappa shape index (κ2) is 4.55. The minimum atomic E-state index is 0.0787. The number of thiophene rings is 1. The van der Waals surface area contributed by atoms with Crippen LogP contribution in [0.15, 0.2) is 11.4 Å². The maximum Gasteiger partial charge on any atom is 0.223 e. The molecule has 16 heavy (non-hydrogen) atoms. The topological polar surface area (TPSA) is 46.3 Å². The van der Waals surface area contributed by atoms with Crippen LogP contribution in [-0.2, 0) is 4.79 Å². The molecule has 2 atom stereocenters. The third-order valence-electron chi connectivity index (χ3n) is 3.26. The second-order valence-electron chi connectivity index (χ2n) is 4.29. The summed E-state index contributed by atoms with van der Waals surface area (Å²) in [6.45, 7) is 4.85. The molecule has 0 saturated carbocycles. The number of aryl methyl sites for hydroxylation is 1. The number of rotatable bonds is 2. The van der Waals surface area contributed by atoms with E-state index >= 15 is 0 Å². The van der Waals surface area contributed by atoms with Gasteiger partial charge in [0.15, 0.2) is 0 Å². The van der Waals surface area contributed by atoms with Crippen LogP contribution >= 0.6 is 11.3 Å². The monoisotopic (exact) mass is 238 g/mol. The van der Waals surface area contributed by atoms with Gasteiger partial charge in [0.25, 0.3) is 0 Å². The van der Waals surface area contributed by atoms with Crippen LogP contribution in [0.2, 0.25) is 0 Å². The lowest BCUT2D eigenvalue weighted by Gasteiger charge is -2.39. The van der Waals surface area contributed by atoms with Gasteiger partial charge in [0, 0.05) is 23.9 Å².